The molecule has 4 rings (SSSR count). The third kappa shape index (κ3) is 3.09. The Morgan fingerprint density at radius 1 is 1.00 bits per heavy atom. The van der Waals surface area contributed by atoms with E-state index < -0.39 is 0 Å². The van der Waals surface area contributed by atoms with Gasteiger partial charge in [0.05, 0.1) is 18.3 Å². The molecule has 0 unspecified atom stereocenters. The Bertz CT molecular complexity index is 1100. The molecule has 6 heteroatoms. The lowest BCUT2D eigenvalue weighted by Gasteiger charge is -2.09. The van der Waals surface area contributed by atoms with Crippen molar-refractivity contribution in [1.82, 2.24) is 9.55 Å². The van der Waals surface area contributed by atoms with E-state index in [0.29, 0.717) is 21.0 Å². The summed E-state index contributed by atoms with van der Waals surface area (Å²) < 4.78 is 1.54. The van der Waals surface area contributed by atoms with Crippen molar-refractivity contribution in [3.05, 3.63) is 86.9 Å². The van der Waals surface area contributed by atoms with Crippen molar-refractivity contribution in [3.63, 3.8) is 0 Å². The molecule has 0 aliphatic rings. The number of thiophene rings is 1. The van der Waals surface area contributed by atoms with Crippen LogP contribution < -0.4 is 5.56 Å². The van der Waals surface area contributed by atoms with Crippen molar-refractivity contribution in [2.45, 2.75) is 6.54 Å². The molecule has 3 nitrogen and oxygen atoms in total. The molecule has 25 heavy (non-hydrogen) atoms. The molecule has 0 amide bonds. The van der Waals surface area contributed by atoms with Gasteiger partial charge in [-0.15, -0.1) is 11.3 Å². The van der Waals surface area contributed by atoms with E-state index in [1.165, 1.54) is 15.9 Å². The van der Waals surface area contributed by atoms with Crippen LogP contribution in [0.4, 0.5) is 0 Å². The quantitative estimate of drug-likeness (QED) is 0.467. The zero-order chi connectivity index (χ0) is 17.4. The maximum Gasteiger partial charge on any atom is 0.262 e. The minimum atomic E-state index is -0.0978. The van der Waals surface area contributed by atoms with Gasteiger partial charge in [-0.3, -0.25) is 9.36 Å². The highest BCUT2D eigenvalue weighted by Crippen LogP contribution is 2.31. The zero-order valence-corrected chi connectivity index (χ0v) is 15.3. The van der Waals surface area contributed by atoms with Gasteiger partial charge >= 0.3 is 0 Å². The summed E-state index contributed by atoms with van der Waals surface area (Å²) in [5.74, 6) is 0. The largest absolute Gasteiger partial charge is 0.294 e. The van der Waals surface area contributed by atoms with Crippen molar-refractivity contribution in [3.8, 4) is 10.4 Å². The van der Waals surface area contributed by atoms with Crippen LogP contribution in [0.15, 0.2) is 65.7 Å². The van der Waals surface area contributed by atoms with Crippen molar-refractivity contribution >= 4 is 44.8 Å². The predicted octanol–water partition coefficient (Wildman–Crippen LogP) is 5.48. The number of nitrogens with zero attached hydrogens (tertiary/aromatic N) is 2. The van der Waals surface area contributed by atoms with Crippen molar-refractivity contribution in [1.29, 1.82) is 0 Å². The fourth-order valence-electron chi connectivity index (χ4n) is 2.67. The van der Waals surface area contributed by atoms with Gasteiger partial charge in [0.2, 0.25) is 0 Å². The summed E-state index contributed by atoms with van der Waals surface area (Å²) >= 11 is 13.9. The van der Waals surface area contributed by atoms with E-state index >= 15 is 0 Å². The Labute approximate surface area is 158 Å². The molecule has 2 aromatic heterocycles. The molecule has 2 heterocycles. The van der Waals surface area contributed by atoms with E-state index in [0.717, 1.165) is 15.3 Å². The second-order valence-corrected chi connectivity index (χ2v) is 7.42. The standard InChI is InChI=1S/C19H12Cl2N2OS/c20-15-7-4-8-16(21)14(15)10-23-11-22-18-13(19(23)24)9-17(25-18)12-5-2-1-3-6-12/h1-9,11H,10H2. The third-order valence-corrected chi connectivity index (χ3v) is 5.77. The maximum atomic E-state index is 12.8. The van der Waals surface area contributed by atoms with E-state index in [4.69, 9.17) is 23.2 Å². The van der Waals surface area contributed by atoms with Crippen molar-refractivity contribution in [2.24, 2.45) is 0 Å². The van der Waals surface area contributed by atoms with Gasteiger partial charge in [-0.05, 0) is 23.8 Å². The average Bonchev–Trinajstić information content (AvgIpc) is 3.06. The molecule has 0 aliphatic heterocycles. The molecule has 2 aromatic carbocycles. The fraction of sp³-hybridized carbons (Fsp3) is 0.0526. The molecule has 0 bridgehead atoms. The monoisotopic (exact) mass is 386 g/mol. The van der Waals surface area contributed by atoms with Gasteiger partial charge in [0.15, 0.2) is 0 Å². The van der Waals surface area contributed by atoms with Gasteiger partial charge < -0.3 is 0 Å². The highest BCUT2D eigenvalue weighted by Gasteiger charge is 2.12. The molecule has 0 radical (unpaired) electrons. The van der Waals surface area contributed by atoms with Crippen molar-refractivity contribution < 1.29 is 0 Å². The summed E-state index contributed by atoms with van der Waals surface area (Å²) in [7, 11) is 0. The Balaban J connectivity index is 1.79. The van der Waals surface area contributed by atoms with E-state index in [1.807, 2.05) is 36.4 Å². The van der Waals surface area contributed by atoms with E-state index in [9.17, 15) is 4.79 Å². The summed E-state index contributed by atoms with van der Waals surface area (Å²) in [4.78, 5) is 19.0. The third-order valence-electron chi connectivity index (χ3n) is 3.97. The summed E-state index contributed by atoms with van der Waals surface area (Å²) in [5, 5.41) is 1.68. The fourth-order valence-corrected chi connectivity index (χ4v) is 4.18. The van der Waals surface area contributed by atoms with Crippen LogP contribution in [0.3, 0.4) is 0 Å². The van der Waals surface area contributed by atoms with Gasteiger partial charge in [-0.25, -0.2) is 4.98 Å². The van der Waals surface area contributed by atoms with Crippen LogP contribution in [-0.4, -0.2) is 9.55 Å². The van der Waals surface area contributed by atoms with Gasteiger partial charge in [-0.2, -0.15) is 0 Å². The molecule has 0 saturated carbocycles. The normalized spacial score (nSPS) is 11.1. The number of halogens is 2. The molecular weight excluding hydrogens is 375 g/mol. The predicted molar refractivity (Wildman–Crippen MR) is 105 cm³/mol. The van der Waals surface area contributed by atoms with E-state index in [1.54, 1.807) is 24.5 Å². The highest BCUT2D eigenvalue weighted by molar-refractivity contribution is 7.21. The lowest BCUT2D eigenvalue weighted by molar-refractivity contribution is 0.750. The van der Waals surface area contributed by atoms with Crippen LogP contribution in [0.25, 0.3) is 20.7 Å². The molecule has 0 spiro atoms. The summed E-state index contributed by atoms with van der Waals surface area (Å²) in [6.45, 7) is 0.288. The zero-order valence-electron chi connectivity index (χ0n) is 12.9. The number of benzene rings is 2. The minimum absolute atomic E-state index is 0.0978. The molecule has 0 saturated heterocycles. The van der Waals surface area contributed by atoms with Gasteiger partial charge in [-0.1, -0.05) is 59.6 Å². The molecule has 4 aromatic rings. The highest BCUT2D eigenvalue weighted by atomic mass is 35.5. The molecule has 0 fully saturated rings. The molecule has 0 aliphatic carbocycles. The lowest BCUT2D eigenvalue weighted by atomic mass is 10.2. The second-order valence-electron chi connectivity index (χ2n) is 5.57. The van der Waals surface area contributed by atoms with E-state index in [-0.39, 0.29) is 12.1 Å². The SMILES string of the molecule is O=c1c2cc(-c3ccccc3)sc2ncn1Cc1c(Cl)cccc1Cl. The van der Waals surface area contributed by atoms with Crippen LogP contribution in [0, 0.1) is 0 Å². The smallest absolute Gasteiger partial charge is 0.262 e. The number of fused-ring (bicyclic) bond motifs is 1. The number of hydrogen-bond acceptors (Lipinski definition) is 3. The molecule has 0 N–H and O–H groups in total. The first-order valence-electron chi connectivity index (χ1n) is 7.61. The van der Waals surface area contributed by atoms with Crippen LogP contribution in [0.1, 0.15) is 5.56 Å². The first-order valence-corrected chi connectivity index (χ1v) is 9.18. The number of aromatic nitrogens is 2. The Kier molecular flexibility index (Phi) is 4.34. The summed E-state index contributed by atoms with van der Waals surface area (Å²) in [5.41, 5.74) is 1.69. The first kappa shape index (κ1) is 16.3. The Morgan fingerprint density at radius 3 is 2.44 bits per heavy atom. The topological polar surface area (TPSA) is 34.9 Å². The molecular formula is C19H12Cl2N2OS. The van der Waals surface area contributed by atoms with Crippen LogP contribution in [0.5, 0.6) is 0 Å². The summed E-state index contributed by atoms with van der Waals surface area (Å²) in [6.07, 6.45) is 1.55. The summed E-state index contributed by atoms with van der Waals surface area (Å²) in [6, 6.07) is 17.2. The molecule has 124 valence electrons. The van der Waals surface area contributed by atoms with Crippen LogP contribution in [0.2, 0.25) is 10.0 Å². The van der Waals surface area contributed by atoms with E-state index in [2.05, 4.69) is 4.98 Å². The number of rotatable bonds is 3. The first-order chi connectivity index (χ1) is 12.1. The second kappa shape index (κ2) is 6.64. The van der Waals surface area contributed by atoms with Gasteiger partial charge in [0.1, 0.15) is 4.83 Å². The number of hydrogen-bond donors (Lipinski definition) is 0. The molecule has 0 atom stereocenters. The van der Waals surface area contributed by atoms with Gasteiger partial charge in [0.25, 0.3) is 5.56 Å². The van der Waals surface area contributed by atoms with Crippen LogP contribution in [-0.2, 0) is 6.54 Å². The Morgan fingerprint density at radius 2 is 1.72 bits per heavy atom. The van der Waals surface area contributed by atoms with Gasteiger partial charge in [0, 0.05) is 20.5 Å². The van der Waals surface area contributed by atoms with Crippen LogP contribution >= 0.6 is 34.5 Å². The Hall–Kier alpha value is -2.14. The minimum Gasteiger partial charge on any atom is -0.294 e. The lowest BCUT2D eigenvalue weighted by Crippen LogP contribution is -2.20. The van der Waals surface area contributed by atoms with Crippen molar-refractivity contribution in [2.75, 3.05) is 0 Å². The maximum absolute atomic E-state index is 12.8. The average molecular weight is 387 g/mol.